The van der Waals surface area contributed by atoms with Gasteiger partial charge in [0.05, 0.1) is 0 Å². The van der Waals surface area contributed by atoms with Crippen molar-refractivity contribution in [3.63, 3.8) is 0 Å². The number of hydrogen-bond acceptors (Lipinski definition) is 3. The molecule has 1 fully saturated rings. The van der Waals surface area contributed by atoms with Crippen LogP contribution in [0.15, 0.2) is 12.7 Å². The van der Waals surface area contributed by atoms with Crippen LogP contribution in [0.25, 0.3) is 0 Å². The summed E-state index contributed by atoms with van der Waals surface area (Å²) in [7, 11) is 0. The van der Waals surface area contributed by atoms with Gasteiger partial charge in [0, 0.05) is 17.8 Å². The normalized spacial score (nSPS) is 16.1. The molecule has 5 nitrogen and oxygen atoms in total. The van der Waals surface area contributed by atoms with E-state index in [1.165, 1.54) is 11.0 Å². The summed E-state index contributed by atoms with van der Waals surface area (Å²) in [5.74, 6) is -1.02. The van der Waals surface area contributed by atoms with E-state index >= 15 is 0 Å². The third kappa shape index (κ3) is 4.30. The Bertz CT molecular complexity index is 316. The predicted octanol–water partition coefficient (Wildman–Crippen LogP) is 1.16. The molecule has 0 bridgehead atoms. The number of carbonyl (C=O) groups is 2. The standard InChI is InChI=1S/C11H18N2O3S/c1-3-6-13(7-9(14)15)10(16)12-8-11(17-2)4-5-11/h3H,1,4-8H2,2H3,(H,12,16)(H,14,15). The molecule has 0 aromatic carbocycles. The van der Waals surface area contributed by atoms with E-state index in [1.807, 2.05) is 6.26 Å². The van der Waals surface area contributed by atoms with E-state index in [0.29, 0.717) is 6.54 Å². The lowest BCUT2D eigenvalue weighted by Gasteiger charge is -2.21. The van der Waals surface area contributed by atoms with Gasteiger partial charge < -0.3 is 15.3 Å². The fourth-order valence-electron chi connectivity index (χ4n) is 1.48. The molecular weight excluding hydrogens is 240 g/mol. The molecule has 1 saturated carbocycles. The van der Waals surface area contributed by atoms with Crippen molar-refractivity contribution in [3.8, 4) is 0 Å². The van der Waals surface area contributed by atoms with E-state index in [4.69, 9.17) is 5.11 Å². The van der Waals surface area contributed by atoms with Gasteiger partial charge >= 0.3 is 12.0 Å². The number of carboxylic acids is 1. The van der Waals surface area contributed by atoms with E-state index in [9.17, 15) is 9.59 Å². The lowest BCUT2D eigenvalue weighted by Crippen LogP contribution is -2.45. The zero-order chi connectivity index (χ0) is 12.9. The molecule has 0 aliphatic heterocycles. The molecule has 0 heterocycles. The maximum absolute atomic E-state index is 11.8. The summed E-state index contributed by atoms with van der Waals surface area (Å²) < 4.78 is 0.179. The summed E-state index contributed by atoms with van der Waals surface area (Å²) in [6.07, 6.45) is 5.76. The minimum atomic E-state index is -1.02. The first-order valence-corrected chi connectivity index (χ1v) is 6.66. The number of thioether (sulfide) groups is 1. The second kappa shape index (κ2) is 5.95. The zero-order valence-corrected chi connectivity index (χ0v) is 10.8. The van der Waals surface area contributed by atoms with E-state index in [0.717, 1.165) is 12.8 Å². The minimum absolute atomic E-state index is 0.179. The molecule has 2 N–H and O–H groups in total. The van der Waals surface area contributed by atoms with Crippen LogP contribution >= 0.6 is 11.8 Å². The van der Waals surface area contributed by atoms with Crippen LogP contribution in [0.2, 0.25) is 0 Å². The summed E-state index contributed by atoms with van der Waals surface area (Å²) in [6.45, 7) is 4.05. The number of carboxylic acid groups (broad SMARTS) is 1. The molecule has 1 aliphatic rings. The Morgan fingerprint density at radius 3 is 2.65 bits per heavy atom. The topological polar surface area (TPSA) is 69.6 Å². The summed E-state index contributed by atoms with van der Waals surface area (Å²) >= 11 is 1.75. The first kappa shape index (κ1) is 13.9. The quantitative estimate of drug-likeness (QED) is 0.672. The van der Waals surface area contributed by atoms with Gasteiger partial charge in [-0.3, -0.25) is 4.79 Å². The van der Waals surface area contributed by atoms with E-state index < -0.39 is 5.97 Å². The number of hydrogen-bond donors (Lipinski definition) is 2. The largest absolute Gasteiger partial charge is 0.480 e. The van der Waals surface area contributed by atoms with Crippen molar-refractivity contribution in [2.75, 3.05) is 25.9 Å². The monoisotopic (exact) mass is 258 g/mol. The molecule has 0 atom stereocenters. The molecule has 0 aromatic rings. The summed E-state index contributed by atoms with van der Waals surface area (Å²) in [5.41, 5.74) is 0. The van der Waals surface area contributed by atoms with Crippen molar-refractivity contribution in [2.24, 2.45) is 0 Å². The van der Waals surface area contributed by atoms with Gasteiger partial charge in [0.25, 0.3) is 0 Å². The highest BCUT2D eigenvalue weighted by molar-refractivity contribution is 8.00. The van der Waals surface area contributed by atoms with Gasteiger partial charge in [-0.2, -0.15) is 11.8 Å². The first-order valence-electron chi connectivity index (χ1n) is 5.43. The van der Waals surface area contributed by atoms with Crippen LogP contribution in [0.1, 0.15) is 12.8 Å². The van der Waals surface area contributed by atoms with Crippen molar-refractivity contribution in [1.29, 1.82) is 0 Å². The third-order valence-corrected chi connectivity index (χ3v) is 4.18. The first-order chi connectivity index (χ1) is 8.03. The number of nitrogens with zero attached hydrogens (tertiary/aromatic N) is 1. The maximum Gasteiger partial charge on any atom is 0.323 e. The fraction of sp³-hybridized carbons (Fsp3) is 0.636. The Morgan fingerprint density at radius 1 is 1.59 bits per heavy atom. The highest BCUT2D eigenvalue weighted by Gasteiger charge is 2.42. The maximum atomic E-state index is 11.8. The lowest BCUT2D eigenvalue weighted by atomic mass is 10.4. The van der Waals surface area contributed by atoms with Gasteiger partial charge in [-0.15, -0.1) is 6.58 Å². The van der Waals surface area contributed by atoms with Crippen LogP contribution in [0.5, 0.6) is 0 Å². The Balaban J connectivity index is 2.41. The van der Waals surface area contributed by atoms with Crippen LogP contribution in [0, 0.1) is 0 Å². The number of aliphatic carboxylic acids is 1. The van der Waals surface area contributed by atoms with Gasteiger partial charge in [-0.1, -0.05) is 6.08 Å². The predicted molar refractivity (Wildman–Crippen MR) is 68.3 cm³/mol. The highest BCUT2D eigenvalue weighted by Crippen LogP contribution is 2.46. The van der Waals surface area contributed by atoms with Crippen molar-refractivity contribution in [2.45, 2.75) is 17.6 Å². The average molecular weight is 258 g/mol. The molecule has 0 aromatic heterocycles. The number of rotatable bonds is 7. The van der Waals surface area contributed by atoms with E-state index in [-0.39, 0.29) is 23.9 Å². The van der Waals surface area contributed by atoms with Crippen molar-refractivity contribution in [1.82, 2.24) is 10.2 Å². The molecule has 2 amide bonds. The molecule has 0 saturated heterocycles. The van der Waals surface area contributed by atoms with Gasteiger partial charge in [-0.25, -0.2) is 4.79 Å². The van der Waals surface area contributed by atoms with Crippen molar-refractivity contribution < 1.29 is 14.7 Å². The summed E-state index contributed by atoms with van der Waals surface area (Å²) in [5, 5.41) is 11.5. The summed E-state index contributed by atoms with van der Waals surface area (Å²) in [6, 6.07) is -0.340. The number of urea groups is 1. The van der Waals surface area contributed by atoms with Crippen LogP contribution in [0.3, 0.4) is 0 Å². The smallest absolute Gasteiger partial charge is 0.323 e. The van der Waals surface area contributed by atoms with E-state index in [1.54, 1.807) is 11.8 Å². The van der Waals surface area contributed by atoms with Gasteiger partial charge in [-0.05, 0) is 19.1 Å². The molecule has 1 rings (SSSR count). The molecule has 6 heteroatoms. The molecule has 17 heavy (non-hydrogen) atoms. The number of amides is 2. The van der Waals surface area contributed by atoms with Crippen LogP contribution in [0.4, 0.5) is 4.79 Å². The van der Waals surface area contributed by atoms with Crippen molar-refractivity contribution in [3.05, 3.63) is 12.7 Å². The molecule has 0 spiro atoms. The average Bonchev–Trinajstić information content (AvgIpc) is 3.05. The van der Waals surface area contributed by atoms with E-state index in [2.05, 4.69) is 11.9 Å². The number of carbonyl (C=O) groups excluding carboxylic acids is 1. The lowest BCUT2D eigenvalue weighted by molar-refractivity contribution is -0.137. The molecule has 96 valence electrons. The molecule has 1 aliphatic carbocycles. The second-order valence-corrected chi connectivity index (χ2v) is 5.38. The van der Waals surface area contributed by atoms with Gasteiger partial charge in [0.2, 0.25) is 0 Å². The zero-order valence-electron chi connectivity index (χ0n) is 9.94. The Morgan fingerprint density at radius 2 is 2.24 bits per heavy atom. The number of nitrogens with one attached hydrogen (secondary N) is 1. The van der Waals surface area contributed by atoms with Crippen molar-refractivity contribution >= 4 is 23.8 Å². The highest BCUT2D eigenvalue weighted by atomic mass is 32.2. The Hall–Kier alpha value is -1.17. The summed E-state index contributed by atoms with van der Waals surface area (Å²) in [4.78, 5) is 23.6. The molecule has 0 unspecified atom stereocenters. The molecule has 0 radical (unpaired) electrons. The third-order valence-electron chi connectivity index (χ3n) is 2.77. The Labute approximate surface area is 105 Å². The van der Waals surface area contributed by atoms with Crippen LogP contribution in [-0.2, 0) is 4.79 Å². The Kier molecular flexibility index (Phi) is 4.86. The fourth-order valence-corrected chi connectivity index (χ4v) is 2.21. The second-order valence-electron chi connectivity index (χ2n) is 4.11. The minimum Gasteiger partial charge on any atom is -0.480 e. The van der Waals surface area contributed by atoms with Gasteiger partial charge in [0.15, 0.2) is 0 Å². The molecular formula is C11H18N2O3S. The van der Waals surface area contributed by atoms with Crippen LogP contribution in [-0.4, -0.2) is 52.6 Å². The van der Waals surface area contributed by atoms with Crippen LogP contribution < -0.4 is 5.32 Å². The van der Waals surface area contributed by atoms with Gasteiger partial charge in [0.1, 0.15) is 6.54 Å². The SMILES string of the molecule is C=CCN(CC(=O)O)C(=O)NCC1(SC)CC1.